The van der Waals surface area contributed by atoms with E-state index in [0.29, 0.717) is 6.42 Å². The van der Waals surface area contributed by atoms with Gasteiger partial charge in [0.1, 0.15) is 0 Å². The minimum Gasteiger partial charge on any atom is -0.478 e. The van der Waals surface area contributed by atoms with Crippen LogP contribution >= 0.6 is 11.6 Å². The number of nitrogens with one attached hydrogen (secondary N) is 1. The molecule has 1 aromatic carbocycles. The zero-order valence-corrected chi connectivity index (χ0v) is 15.3. The van der Waals surface area contributed by atoms with Crippen LogP contribution in [-0.4, -0.2) is 24.9 Å². The Morgan fingerprint density at radius 3 is 2.33 bits per heavy atom. The van der Waals surface area contributed by atoms with Crippen LogP contribution in [0.25, 0.3) is 0 Å². The topological polar surface area (TPSA) is 83.5 Å². The standard InChI is InChI=1S/C17H20ClNO4S/c1-17(2,3)11-4-7-13(8-5-11)24(22,23)19-15-9-6-12(18)10-14(15)16(20)21/h4-5,7-10,12,19H,6H2,1-3H3,(H,20,21). The third-order valence-corrected chi connectivity index (χ3v) is 5.38. The molecule has 0 saturated heterocycles. The largest absolute Gasteiger partial charge is 0.478 e. The summed E-state index contributed by atoms with van der Waals surface area (Å²) in [5.41, 5.74) is 0.820. The van der Waals surface area contributed by atoms with Crippen molar-refractivity contribution in [3.8, 4) is 0 Å². The molecule has 2 N–H and O–H groups in total. The molecule has 1 aliphatic rings. The van der Waals surface area contributed by atoms with Gasteiger partial charge in [-0.25, -0.2) is 13.2 Å². The van der Waals surface area contributed by atoms with Gasteiger partial charge in [0.2, 0.25) is 0 Å². The van der Waals surface area contributed by atoms with Crippen molar-refractivity contribution in [3.63, 3.8) is 0 Å². The van der Waals surface area contributed by atoms with Crippen molar-refractivity contribution in [2.75, 3.05) is 0 Å². The maximum Gasteiger partial charge on any atom is 0.337 e. The Kier molecular flexibility index (Phi) is 5.11. The molecule has 0 aliphatic heterocycles. The molecule has 1 unspecified atom stereocenters. The van der Waals surface area contributed by atoms with E-state index in [4.69, 9.17) is 11.6 Å². The number of carbonyl (C=O) groups is 1. The molecule has 7 heteroatoms. The first-order valence-electron chi connectivity index (χ1n) is 7.44. The normalized spacial score (nSPS) is 18.6. The van der Waals surface area contributed by atoms with Crippen LogP contribution in [-0.2, 0) is 20.2 Å². The van der Waals surface area contributed by atoms with Crippen LogP contribution in [0.15, 0.2) is 52.6 Å². The highest BCUT2D eigenvalue weighted by Gasteiger charge is 2.25. The average Bonchev–Trinajstić information content (AvgIpc) is 2.48. The predicted molar refractivity (Wildman–Crippen MR) is 93.5 cm³/mol. The Labute approximate surface area is 147 Å². The SMILES string of the molecule is CC(C)(C)c1ccc(S(=O)(=O)NC2=CCC(Cl)C=C2C(=O)O)cc1. The molecule has 1 aromatic rings. The van der Waals surface area contributed by atoms with Crippen molar-refractivity contribution in [1.82, 2.24) is 4.72 Å². The van der Waals surface area contributed by atoms with E-state index >= 15 is 0 Å². The second kappa shape index (κ2) is 6.61. The molecule has 0 bridgehead atoms. The summed E-state index contributed by atoms with van der Waals surface area (Å²) in [6.45, 7) is 6.11. The molecule has 2 rings (SSSR count). The van der Waals surface area contributed by atoms with Crippen molar-refractivity contribution < 1.29 is 18.3 Å². The maximum atomic E-state index is 12.5. The van der Waals surface area contributed by atoms with Gasteiger partial charge in [-0.2, -0.15) is 0 Å². The third kappa shape index (κ3) is 4.19. The number of aliphatic carboxylic acids is 1. The highest BCUT2D eigenvalue weighted by atomic mass is 35.5. The first kappa shape index (κ1) is 18.5. The average molecular weight is 370 g/mol. The molecule has 0 amide bonds. The van der Waals surface area contributed by atoms with Gasteiger partial charge in [0, 0.05) is 0 Å². The molecule has 1 atom stereocenters. The van der Waals surface area contributed by atoms with Crippen molar-refractivity contribution in [2.24, 2.45) is 0 Å². The highest BCUT2D eigenvalue weighted by Crippen LogP contribution is 2.25. The molecule has 5 nitrogen and oxygen atoms in total. The Bertz CT molecular complexity index is 802. The van der Waals surface area contributed by atoms with Crippen LogP contribution < -0.4 is 4.72 Å². The molecule has 0 aromatic heterocycles. The lowest BCUT2D eigenvalue weighted by Crippen LogP contribution is -2.28. The number of halogens is 1. The fourth-order valence-electron chi connectivity index (χ4n) is 2.30. The van der Waals surface area contributed by atoms with Crippen LogP contribution in [0.2, 0.25) is 0 Å². The number of carboxylic acids is 1. The van der Waals surface area contributed by atoms with E-state index in [1.54, 1.807) is 12.1 Å². The fraction of sp³-hybridized carbons (Fsp3) is 0.353. The van der Waals surface area contributed by atoms with Crippen LogP contribution in [0.4, 0.5) is 0 Å². The highest BCUT2D eigenvalue weighted by molar-refractivity contribution is 7.89. The van der Waals surface area contributed by atoms with Gasteiger partial charge in [0.25, 0.3) is 10.0 Å². The number of rotatable bonds is 4. The number of allylic oxidation sites excluding steroid dienone is 2. The second-order valence-electron chi connectivity index (χ2n) is 6.63. The summed E-state index contributed by atoms with van der Waals surface area (Å²) >= 11 is 5.91. The summed E-state index contributed by atoms with van der Waals surface area (Å²) in [5, 5.41) is 8.75. The fourth-order valence-corrected chi connectivity index (χ4v) is 3.61. The van der Waals surface area contributed by atoms with Crippen LogP contribution in [0.5, 0.6) is 0 Å². The van der Waals surface area contributed by atoms with Crippen molar-refractivity contribution >= 4 is 27.6 Å². The molecule has 0 spiro atoms. The maximum absolute atomic E-state index is 12.5. The van der Waals surface area contributed by atoms with Crippen LogP contribution in [0, 0.1) is 0 Å². The number of hydrogen-bond donors (Lipinski definition) is 2. The van der Waals surface area contributed by atoms with Gasteiger partial charge in [-0.15, -0.1) is 11.6 Å². The summed E-state index contributed by atoms with van der Waals surface area (Å²) in [7, 11) is -3.87. The molecular weight excluding hydrogens is 350 g/mol. The van der Waals surface area contributed by atoms with E-state index < -0.39 is 21.4 Å². The molecule has 0 fully saturated rings. The first-order valence-corrected chi connectivity index (χ1v) is 9.36. The van der Waals surface area contributed by atoms with E-state index in [2.05, 4.69) is 4.72 Å². The van der Waals surface area contributed by atoms with Gasteiger partial charge < -0.3 is 5.11 Å². The minimum absolute atomic E-state index is 0.0410. The lowest BCUT2D eigenvalue weighted by atomic mass is 9.87. The molecule has 0 saturated carbocycles. The Morgan fingerprint density at radius 1 is 1.25 bits per heavy atom. The van der Waals surface area contributed by atoms with Crippen molar-refractivity contribution in [1.29, 1.82) is 0 Å². The van der Waals surface area contributed by atoms with Crippen LogP contribution in [0.1, 0.15) is 32.8 Å². The summed E-state index contributed by atoms with van der Waals surface area (Å²) in [6, 6.07) is 6.54. The van der Waals surface area contributed by atoms with E-state index in [0.717, 1.165) is 5.56 Å². The van der Waals surface area contributed by atoms with Gasteiger partial charge in [-0.05, 0) is 35.6 Å². The lowest BCUT2D eigenvalue weighted by Gasteiger charge is -2.20. The number of benzene rings is 1. The smallest absolute Gasteiger partial charge is 0.337 e. The summed E-state index contributed by atoms with van der Waals surface area (Å²) < 4.78 is 27.4. The monoisotopic (exact) mass is 369 g/mol. The summed E-state index contributed by atoms with van der Waals surface area (Å²) in [5.74, 6) is -1.22. The third-order valence-electron chi connectivity index (χ3n) is 3.69. The summed E-state index contributed by atoms with van der Waals surface area (Å²) in [4.78, 5) is 11.4. The Hall–Kier alpha value is -1.79. The zero-order valence-electron chi connectivity index (χ0n) is 13.7. The summed E-state index contributed by atoms with van der Waals surface area (Å²) in [6.07, 6.45) is 3.19. The number of carboxylic acid groups (broad SMARTS) is 1. The lowest BCUT2D eigenvalue weighted by molar-refractivity contribution is -0.132. The minimum atomic E-state index is -3.87. The van der Waals surface area contributed by atoms with Gasteiger partial charge in [0.05, 0.1) is 21.5 Å². The van der Waals surface area contributed by atoms with E-state index in [1.807, 2.05) is 20.8 Å². The molecule has 130 valence electrons. The molecule has 24 heavy (non-hydrogen) atoms. The number of sulfonamides is 1. The molecule has 0 heterocycles. The predicted octanol–water partition coefficient (Wildman–Crippen LogP) is 3.17. The van der Waals surface area contributed by atoms with E-state index in [-0.39, 0.29) is 21.6 Å². The second-order valence-corrected chi connectivity index (χ2v) is 8.88. The van der Waals surface area contributed by atoms with Gasteiger partial charge in [-0.3, -0.25) is 4.72 Å². The molecular formula is C17H20ClNO4S. The first-order chi connectivity index (χ1) is 11.0. The van der Waals surface area contributed by atoms with Gasteiger partial charge >= 0.3 is 5.97 Å². The van der Waals surface area contributed by atoms with E-state index in [1.165, 1.54) is 24.3 Å². The van der Waals surface area contributed by atoms with Gasteiger partial charge in [0.15, 0.2) is 0 Å². The quantitative estimate of drug-likeness (QED) is 0.798. The number of hydrogen-bond acceptors (Lipinski definition) is 3. The van der Waals surface area contributed by atoms with Crippen molar-refractivity contribution in [2.45, 2.75) is 42.9 Å². The molecule has 1 aliphatic carbocycles. The number of alkyl halides is 1. The molecule has 0 radical (unpaired) electrons. The zero-order chi connectivity index (χ0) is 18.1. The van der Waals surface area contributed by atoms with Gasteiger partial charge in [-0.1, -0.05) is 39.0 Å². The Morgan fingerprint density at radius 2 is 1.83 bits per heavy atom. The van der Waals surface area contributed by atoms with E-state index in [9.17, 15) is 18.3 Å². The van der Waals surface area contributed by atoms with Crippen molar-refractivity contribution in [3.05, 3.63) is 53.3 Å². The Balaban J connectivity index is 2.29. The van der Waals surface area contributed by atoms with Crippen LogP contribution in [0.3, 0.4) is 0 Å².